The fourth-order valence-electron chi connectivity index (χ4n) is 1.76. The van der Waals surface area contributed by atoms with Crippen LogP contribution in [0.5, 0.6) is 0 Å². The van der Waals surface area contributed by atoms with Gasteiger partial charge in [-0.05, 0) is 33.6 Å². The minimum Gasteiger partial charge on any atom is -0.444 e. The number of piperidine rings is 1. The molecule has 16 heavy (non-hydrogen) atoms. The van der Waals surface area contributed by atoms with Crippen molar-refractivity contribution in [2.45, 2.75) is 51.4 Å². The van der Waals surface area contributed by atoms with Gasteiger partial charge in [-0.3, -0.25) is 0 Å². The fourth-order valence-corrected chi connectivity index (χ4v) is 1.76. The summed E-state index contributed by atoms with van der Waals surface area (Å²) in [6, 6.07) is -0.335. The van der Waals surface area contributed by atoms with Crippen LogP contribution in [0.1, 0.15) is 33.6 Å². The Balaban J connectivity index is 2.60. The highest BCUT2D eigenvalue weighted by Crippen LogP contribution is 2.20. The second-order valence-electron chi connectivity index (χ2n) is 5.19. The Morgan fingerprint density at radius 2 is 2.12 bits per heavy atom. The van der Waals surface area contributed by atoms with E-state index in [9.17, 15) is 9.90 Å². The molecule has 1 fully saturated rings. The molecule has 1 unspecified atom stereocenters. The summed E-state index contributed by atoms with van der Waals surface area (Å²) < 4.78 is 5.24. The highest BCUT2D eigenvalue weighted by molar-refractivity contribution is 5.68. The van der Waals surface area contributed by atoms with Crippen molar-refractivity contribution in [3.05, 3.63) is 0 Å². The molecule has 1 amide bonds. The Hall–Kier alpha value is -0.810. The van der Waals surface area contributed by atoms with Gasteiger partial charge < -0.3 is 19.8 Å². The highest BCUT2D eigenvalue weighted by atomic mass is 16.6. The summed E-state index contributed by atoms with van der Waals surface area (Å²) in [5.41, 5.74) is -0.535. The Morgan fingerprint density at radius 3 is 2.62 bits per heavy atom. The Kier molecular flexibility index (Phi) is 4.15. The van der Waals surface area contributed by atoms with Gasteiger partial charge >= 0.3 is 6.09 Å². The number of aliphatic hydroxyl groups excluding tert-OH is 2. The first-order valence-electron chi connectivity index (χ1n) is 5.62. The monoisotopic (exact) mass is 231 g/mol. The molecular formula is C11H21NO4. The Bertz CT molecular complexity index is 249. The lowest BCUT2D eigenvalue weighted by molar-refractivity contribution is -0.0184. The molecule has 0 spiro atoms. The van der Waals surface area contributed by atoms with E-state index in [1.54, 1.807) is 20.8 Å². The summed E-state index contributed by atoms with van der Waals surface area (Å²) in [6.45, 7) is 5.70. The van der Waals surface area contributed by atoms with Gasteiger partial charge in [-0.1, -0.05) is 0 Å². The van der Waals surface area contributed by atoms with Crippen LogP contribution in [0, 0.1) is 0 Å². The van der Waals surface area contributed by atoms with Gasteiger partial charge in [0.1, 0.15) is 5.60 Å². The number of hydrogen-bond acceptors (Lipinski definition) is 4. The normalized spacial score (nSPS) is 26.7. The van der Waals surface area contributed by atoms with Crippen molar-refractivity contribution in [3.63, 3.8) is 0 Å². The van der Waals surface area contributed by atoms with Gasteiger partial charge in [0.15, 0.2) is 0 Å². The molecule has 0 radical (unpaired) electrons. The van der Waals surface area contributed by atoms with E-state index in [2.05, 4.69) is 0 Å². The zero-order valence-electron chi connectivity index (χ0n) is 10.1. The third kappa shape index (κ3) is 3.64. The molecule has 1 aliphatic heterocycles. The number of rotatable bonds is 1. The van der Waals surface area contributed by atoms with Crippen molar-refractivity contribution in [1.29, 1.82) is 0 Å². The topological polar surface area (TPSA) is 70.0 Å². The predicted molar refractivity (Wildman–Crippen MR) is 59.1 cm³/mol. The first-order chi connectivity index (χ1) is 7.33. The van der Waals surface area contributed by atoms with Gasteiger partial charge in [0.2, 0.25) is 0 Å². The van der Waals surface area contributed by atoms with E-state index in [0.29, 0.717) is 19.4 Å². The van der Waals surface area contributed by atoms with Crippen molar-refractivity contribution in [2.75, 3.05) is 13.2 Å². The maximum absolute atomic E-state index is 11.8. The van der Waals surface area contributed by atoms with Crippen molar-refractivity contribution in [1.82, 2.24) is 4.90 Å². The molecule has 94 valence electrons. The molecule has 5 nitrogen and oxygen atoms in total. The average Bonchev–Trinajstić information content (AvgIpc) is 2.14. The number of amides is 1. The molecule has 2 N–H and O–H groups in total. The zero-order valence-corrected chi connectivity index (χ0v) is 10.1. The largest absolute Gasteiger partial charge is 0.444 e. The smallest absolute Gasteiger partial charge is 0.410 e. The van der Waals surface area contributed by atoms with E-state index >= 15 is 0 Å². The number of nitrogens with zero attached hydrogens (tertiary/aromatic N) is 1. The number of likely N-dealkylation sites (tertiary alicyclic amines) is 1. The molecule has 5 heteroatoms. The lowest BCUT2D eigenvalue weighted by Gasteiger charge is -2.37. The molecule has 0 bridgehead atoms. The maximum atomic E-state index is 11.8. The molecule has 1 heterocycles. The van der Waals surface area contributed by atoms with Crippen LogP contribution < -0.4 is 0 Å². The van der Waals surface area contributed by atoms with E-state index in [0.717, 1.165) is 0 Å². The number of aliphatic hydroxyl groups is 2. The number of ether oxygens (including phenoxy) is 1. The lowest BCUT2D eigenvalue weighted by Crippen LogP contribution is -2.50. The SMILES string of the molecule is CC(C)(C)OC(=O)N1CCC(O)C[C@@H]1CO. The first-order valence-corrected chi connectivity index (χ1v) is 5.62. The first kappa shape index (κ1) is 13.3. The van der Waals surface area contributed by atoms with Crippen LogP contribution in [0.4, 0.5) is 4.79 Å². The third-order valence-corrected chi connectivity index (χ3v) is 2.53. The number of hydrogen-bond donors (Lipinski definition) is 2. The van der Waals surface area contributed by atoms with Crippen LogP contribution in [0.25, 0.3) is 0 Å². The summed E-state index contributed by atoms with van der Waals surface area (Å²) in [6.07, 6.45) is 0.0974. The van der Waals surface area contributed by atoms with Crippen LogP contribution in [0.15, 0.2) is 0 Å². The predicted octanol–water partition coefficient (Wildman–Crippen LogP) is 0.739. The van der Waals surface area contributed by atoms with Crippen molar-refractivity contribution in [3.8, 4) is 0 Å². The second-order valence-corrected chi connectivity index (χ2v) is 5.19. The van der Waals surface area contributed by atoms with E-state index in [1.807, 2.05) is 0 Å². The summed E-state index contributed by atoms with van der Waals surface area (Å²) in [7, 11) is 0. The van der Waals surface area contributed by atoms with Crippen molar-refractivity contribution in [2.24, 2.45) is 0 Å². The standard InChI is InChI=1S/C11H21NO4/c1-11(2,3)16-10(15)12-5-4-9(14)6-8(12)7-13/h8-9,13-14H,4-7H2,1-3H3/t8-,9?/m1/s1. The summed E-state index contributed by atoms with van der Waals surface area (Å²) >= 11 is 0. The molecule has 0 aromatic carbocycles. The fraction of sp³-hybridized carbons (Fsp3) is 0.909. The maximum Gasteiger partial charge on any atom is 0.410 e. The van der Waals surface area contributed by atoms with Gasteiger partial charge in [0, 0.05) is 6.54 Å². The van der Waals surface area contributed by atoms with Gasteiger partial charge in [0.05, 0.1) is 18.8 Å². The van der Waals surface area contributed by atoms with Gasteiger partial charge in [-0.15, -0.1) is 0 Å². The van der Waals surface area contributed by atoms with Crippen LogP contribution in [0.2, 0.25) is 0 Å². The van der Waals surface area contributed by atoms with Gasteiger partial charge in [-0.25, -0.2) is 4.79 Å². The zero-order chi connectivity index (χ0) is 12.3. The van der Waals surface area contributed by atoms with Crippen LogP contribution >= 0.6 is 0 Å². The number of carbonyl (C=O) groups excluding carboxylic acids is 1. The molecule has 1 saturated heterocycles. The van der Waals surface area contributed by atoms with E-state index in [4.69, 9.17) is 9.84 Å². The van der Waals surface area contributed by atoms with E-state index in [1.165, 1.54) is 4.90 Å². The molecule has 1 rings (SSSR count). The molecule has 0 aliphatic carbocycles. The lowest BCUT2D eigenvalue weighted by atomic mass is 10.0. The average molecular weight is 231 g/mol. The van der Waals surface area contributed by atoms with Gasteiger partial charge in [0.25, 0.3) is 0 Å². The summed E-state index contributed by atoms with van der Waals surface area (Å²) in [5.74, 6) is 0. The van der Waals surface area contributed by atoms with Crippen LogP contribution in [-0.2, 0) is 4.74 Å². The summed E-state index contributed by atoms with van der Waals surface area (Å²) in [5, 5.41) is 18.6. The Labute approximate surface area is 96.0 Å². The minimum absolute atomic E-state index is 0.143. The quantitative estimate of drug-likeness (QED) is 0.698. The highest BCUT2D eigenvalue weighted by Gasteiger charge is 2.32. The van der Waals surface area contributed by atoms with Crippen LogP contribution in [-0.4, -0.2) is 52.1 Å². The van der Waals surface area contributed by atoms with Crippen molar-refractivity contribution < 1.29 is 19.7 Å². The molecule has 0 saturated carbocycles. The molecule has 0 aromatic rings. The van der Waals surface area contributed by atoms with Gasteiger partial charge in [-0.2, -0.15) is 0 Å². The molecule has 2 atom stereocenters. The molecular weight excluding hydrogens is 210 g/mol. The van der Waals surface area contributed by atoms with E-state index < -0.39 is 17.8 Å². The Morgan fingerprint density at radius 1 is 1.50 bits per heavy atom. The third-order valence-electron chi connectivity index (χ3n) is 2.53. The van der Waals surface area contributed by atoms with Crippen LogP contribution in [0.3, 0.4) is 0 Å². The van der Waals surface area contributed by atoms with Crippen molar-refractivity contribution >= 4 is 6.09 Å². The molecule has 1 aliphatic rings. The van der Waals surface area contributed by atoms with E-state index in [-0.39, 0.29) is 12.6 Å². The minimum atomic E-state index is -0.535. The molecule has 0 aromatic heterocycles. The second kappa shape index (κ2) is 5.01. The summed E-state index contributed by atoms with van der Waals surface area (Å²) in [4.78, 5) is 13.3. The number of carbonyl (C=O) groups is 1.